The minimum absolute atomic E-state index is 0.247. The molecule has 1 heterocycles. The van der Waals surface area contributed by atoms with Gasteiger partial charge in [-0.25, -0.2) is 4.79 Å². The molecule has 4 rings (SSSR count). The van der Waals surface area contributed by atoms with E-state index in [1.54, 1.807) is 13.0 Å². The number of thiophene rings is 1. The van der Waals surface area contributed by atoms with Crippen LogP contribution in [0.25, 0.3) is 28.3 Å². The molecule has 0 aliphatic carbocycles. The highest BCUT2D eigenvalue weighted by Crippen LogP contribution is 2.37. The van der Waals surface area contributed by atoms with Gasteiger partial charge in [-0.15, -0.1) is 11.3 Å². The van der Waals surface area contributed by atoms with Crippen LogP contribution in [0.15, 0.2) is 90.3 Å². The highest BCUT2D eigenvalue weighted by molar-refractivity contribution is 7.15. The molecule has 0 saturated carbocycles. The van der Waals surface area contributed by atoms with Crippen molar-refractivity contribution < 1.29 is 14.3 Å². The van der Waals surface area contributed by atoms with E-state index in [4.69, 9.17) is 4.74 Å². The largest absolute Gasteiger partial charge is 0.462 e. The van der Waals surface area contributed by atoms with E-state index in [-0.39, 0.29) is 12.5 Å². The van der Waals surface area contributed by atoms with E-state index in [0.717, 1.165) is 33.5 Å². The molecule has 1 amide bonds. The third-order valence-electron chi connectivity index (χ3n) is 5.65. The first kappa shape index (κ1) is 24.9. The average molecular weight is 497 g/mol. The van der Waals surface area contributed by atoms with Crippen molar-refractivity contribution in [3.8, 4) is 22.3 Å². The molecule has 5 nitrogen and oxygen atoms in total. The number of anilines is 2. The predicted octanol–water partition coefficient (Wildman–Crippen LogP) is 6.98. The summed E-state index contributed by atoms with van der Waals surface area (Å²) in [7, 11) is 3.96. The number of benzene rings is 3. The third kappa shape index (κ3) is 5.90. The van der Waals surface area contributed by atoms with Gasteiger partial charge in [0.25, 0.3) is 0 Å². The lowest BCUT2D eigenvalue weighted by atomic mass is 9.99. The molecule has 0 bridgehead atoms. The smallest absolute Gasteiger partial charge is 0.341 e. The van der Waals surface area contributed by atoms with Crippen LogP contribution in [-0.2, 0) is 9.53 Å². The van der Waals surface area contributed by atoms with Crippen LogP contribution in [0, 0.1) is 0 Å². The third-order valence-corrected chi connectivity index (χ3v) is 6.54. The summed E-state index contributed by atoms with van der Waals surface area (Å²) >= 11 is 1.31. The number of ether oxygens (including phenoxy) is 1. The molecule has 4 aromatic rings. The summed E-state index contributed by atoms with van der Waals surface area (Å²) < 4.78 is 5.32. The standard InChI is InChI=1S/C30H28N2O3S/c1-4-35-30(34)28-26(24-15-13-23(14-16-24)22-8-6-5-7-9-22)20-36-29(28)31-27(33)19-12-21-10-17-25(18-11-21)32(2)3/h5-20H,4H2,1-3H3,(H,31,33)/b19-12-. The Labute approximate surface area is 215 Å². The summed E-state index contributed by atoms with van der Waals surface area (Å²) in [6.07, 6.45) is 3.21. The normalized spacial score (nSPS) is 10.9. The van der Waals surface area contributed by atoms with E-state index in [0.29, 0.717) is 10.6 Å². The zero-order valence-corrected chi connectivity index (χ0v) is 21.3. The molecule has 0 atom stereocenters. The molecule has 1 N–H and O–H groups in total. The van der Waals surface area contributed by atoms with Crippen LogP contribution < -0.4 is 10.2 Å². The van der Waals surface area contributed by atoms with Gasteiger partial charge in [0.1, 0.15) is 10.6 Å². The van der Waals surface area contributed by atoms with Crippen molar-refractivity contribution in [2.24, 2.45) is 0 Å². The molecule has 0 saturated heterocycles. The second-order valence-electron chi connectivity index (χ2n) is 8.33. The molecule has 36 heavy (non-hydrogen) atoms. The average Bonchev–Trinajstić information content (AvgIpc) is 3.32. The van der Waals surface area contributed by atoms with Crippen molar-refractivity contribution in [1.29, 1.82) is 0 Å². The van der Waals surface area contributed by atoms with Crippen molar-refractivity contribution in [3.63, 3.8) is 0 Å². The van der Waals surface area contributed by atoms with Gasteiger partial charge in [0.05, 0.1) is 6.61 Å². The van der Waals surface area contributed by atoms with Crippen LogP contribution in [0.4, 0.5) is 10.7 Å². The Morgan fingerprint density at radius 1 is 0.889 bits per heavy atom. The van der Waals surface area contributed by atoms with E-state index in [9.17, 15) is 9.59 Å². The fourth-order valence-corrected chi connectivity index (χ4v) is 4.71. The van der Waals surface area contributed by atoms with Gasteiger partial charge in [-0.2, -0.15) is 0 Å². The zero-order valence-electron chi connectivity index (χ0n) is 20.5. The Bertz CT molecular complexity index is 1360. The van der Waals surface area contributed by atoms with Crippen LogP contribution in [-0.4, -0.2) is 32.6 Å². The zero-order chi connectivity index (χ0) is 25.5. The number of hydrogen-bond donors (Lipinski definition) is 1. The molecule has 0 unspecified atom stereocenters. The van der Waals surface area contributed by atoms with Gasteiger partial charge < -0.3 is 15.0 Å². The van der Waals surface area contributed by atoms with Gasteiger partial charge in [0.15, 0.2) is 0 Å². The lowest BCUT2D eigenvalue weighted by molar-refractivity contribution is -0.111. The number of nitrogens with one attached hydrogen (secondary N) is 1. The summed E-state index contributed by atoms with van der Waals surface area (Å²) in [4.78, 5) is 27.6. The Kier molecular flexibility index (Phi) is 7.98. The van der Waals surface area contributed by atoms with Crippen LogP contribution >= 0.6 is 11.3 Å². The topological polar surface area (TPSA) is 58.6 Å². The van der Waals surface area contributed by atoms with Crippen LogP contribution in [0.5, 0.6) is 0 Å². The lowest BCUT2D eigenvalue weighted by Gasteiger charge is -2.11. The summed E-state index contributed by atoms with van der Waals surface area (Å²) in [5, 5.41) is 5.20. The van der Waals surface area contributed by atoms with Crippen LogP contribution in [0.3, 0.4) is 0 Å². The van der Waals surface area contributed by atoms with Crippen molar-refractivity contribution in [3.05, 3.63) is 101 Å². The van der Waals surface area contributed by atoms with Gasteiger partial charge >= 0.3 is 5.97 Å². The molecule has 0 aliphatic rings. The monoisotopic (exact) mass is 496 g/mol. The van der Waals surface area contributed by atoms with Gasteiger partial charge in [-0.05, 0) is 47.4 Å². The number of carbonyl (C=O) groups is 2. The number of amides is 1. The Morgan fingerprint density at radius 3 is 2.17 bits per heavy atom. The van der Waals surface area contributed by atoms with Crippen molar-refractivity contribution >= 4 is 40.0 Å². The van der Waals surface area contributed by atoms with E-state index in [1.165, 1.54) is 17.4 Å². The fourth-order valence-electron chi connectivity index (χ4n) is 3.75. The molecule has 0 radical (unpaired) electrons. The number of rotatable bonds is 8. The SMILES string of the molecule is CCOC(=O)c1c(-c2ccc(-c3ccccc3)cc2)csc1NC(=O)/C=C\c1ccc(N(C)C)cc1. The molecule has 0 spiro atoms. The first-order valence-electron chi connectivity index (χ1n) is 11.7. The number of carbonyl (C=O) groups excluding carboxylic acids is 2. The van der Waals surface area contributed by atoms with E-state index < -0.39 is 5.97 Å². The summed E-state index contributed by atoms with van der Waals surface area (Å²) in [5.74, 6) is -0.774. The predicted molar refractivity (Wildman–Crippen MR) is 150 cm³/mol. The molecule has 0 fully saturated rings. The van der Waals surface area contributed by atoms with Crippen molar-refractivity contribution in [1.82, 2.24) is 0 Å². The first-order chi connectivity index (χ1) is 17.5. The molecule has 1 aromatic heterocycles. The lowest BCUT2D eigenvalue weighted by Crippen LogP contribution is -2.12. The van der Waals surface area contributed by atoms with E-state index >= 15 is 0 Å². The van der Waals surface area contributed by atoms with Gasteiger partial charge in [0.2, 0.25) is 5.91 Å². The van der Waals surface area contributed by atoms with Crippen LogP contribution in [0.1, 0.15) is 22.8 Å². The number of nitrogens with zero attached hydrogens (tertiary/aromatic N) is 1. The van der Waals surface area contributed by atoms with E-state index in [2.05, 4.69) is 17.4 Å². The maximum Gasteiger partial charge on any atom is 0.341 e. The summed E-state index contributed by atoms with van der Waals surface area (Å²) in [5.41, 5.74) is 6.18. The fraction of sp³-hybridized carbons (Fsp3) is 0.133. The van der Waals surface area contributed by atoms with Crippen molar-refractivity contribution in [2.45, 2.75) is 6.92 Å². The Balaban J connectivity index is 1.56. The highest BCUT2D eigenvalue weighted by atomic mass is 32.1. The first-order valence-corrected chi connectivity index (χ1v) is 12.5. The highest BCUT2D eigenvalue weighted by Gasteiger charge is 2.22. The summed E-state index contributed by atoms with van der Waals surface area (Å²) in [6.45, 7) is 2.01. The van der Waals surface area contributed by atoms with Crippen LogP contribution in [0.2, 0.25) is 0 Å². The van der Waals surface area contributed by atoms with E-state index in [1.807, 2.05) is 91.1 Å². The van der Waals surface area contributed by atoms with Crippen molar-refractivity contribution in [2.75, 3.05) is 30.9 Å². The second kappa shape index (κ2) is 11.5. The second-order valence-corrected chi connectivity index (χ2v) is 9.21. The van der Waals surface area contributed by atoms with Gasteiger partial charge in [0, 0.05) is 36.8 Å². The minimum atomic E-state index is -0.459. The maximum absolute atomic E-state index is 12.9. The number of hydrogen-bond acceptors (Lipinski definition) is 5. The summed E-state index contributed by atoms with van der Waals surface area (Å²) in [6, 6.07) is 26.0. The molecule has 0 aliphatic heterocycles. The maximum atomic E-state index is 12.9. The minimum Gasteiger partial charge on any atom is -0.462 e. The Hall–Kier alpha value is -4.16. The molecule has 3 aromatic carbocycles. The van der Waals surface area contributed by atoms with Gasteiger partial charge in [-0.3, -0.25) is 4.79 Å². The Morgan fingerprint density at radius 2 is 1.53 bits per heavy atom. The quantitative estimate of drug-likeness (QED) is 0.211. The molecule has 182 valence electrons. The molecule has 6 heteroatoms. The molecular weight excluding hydrogens is 468 g/mol. The number of esters is 1. The van der Waals surface area contributed by atoms with Gasteiger partial charge in [-0.1, -0.05) is 66.7 Å². The molecular formula is C30H28N2O3S.